The van der Waals surface area contributed by atoms with Gasteiger partial charge in [-0.1, -0.05) is 6.92 Å². The summed E-state index contributed by atoms with van der Waals surface area (Å²) >= 11 is 0. The topological polar surface area (TPSA) is 67.9 Å². The maximum absolute atomic E-state index is 13.5. The molecule has 0 saturated carbocycles. The fourth-order valence-electron chi connectivity index (χ4n) is 3.72. The molecule has 1 aliphatic rings. The van der Waals surface area contributed by atoms with Crippen LogP contribution in [0.4, 0.5) is 23.7 Å². The van der Waals surface area contributed by atoms with E-state index >= 15 is 0 Å². The number of ether oxygens (including phenoxy) is 2. The van der Waals surface area contributed by atoms with Gasteiger partial charge in [0.25, 0.3) is 0 Å². The molecule has 0 bridgehead atoms. The number of hydrogen-bond donors (Lipinski definition) is 1. The van der Waals surface area contributed by atoms with Gasteiger partial charge in [-0.15, -0.1) is 0 Å². The normalized spacial score (nSPS) is 16.6. The predicted octanol–water partition coefficient (Wildman–Crippen LogP) is 5.33. The van der Waals surface area contributed by atoms with Gasteiger partial charge < -0.3 is 19.7 Å². The Morgan fingerprint density at radius 2 is 1.81 bits per heavy atom. The number of carbonyl (C=O) groups is 2. The van der Waals surface area contributed by atoms with E-state index in [0.29, 0.717) is 32.4 Å². The van der Waals surface area contributed by atoms with Crippen LogP contribution in [0.25, 0.3) is 0 Å². The van der Waals surface area contributed by atoms with Crippen LogP contribution in [0.15, 0.2) is 18.2 Å². The molecule has 1 aromatic rings. The van der Waals surface area contributed by atoms with E-state index < -0.39 is 23.3 Å². The molecule has 1 amide bonds. The summed E-state index contributed by atoms with van der Waals surface area (Å²) in [5, 5.41) is 3.01. The van der Waals surface area contributed by atoms with Crippen molar-refractivity contribution in [1.82, 2.24) is 4.90 Å². The highest BCUT2D eigenvalue weighted by atomic mass is 19.4. The first kappa shape index (κ1) is 24.8. The lowest BCUT2D eigenvalue weighted by Gasteiger charge is -2.37. The van der Waals surface area contributed by atoms with Crippen molar-refractivity contribution in [2.75, 3.05) is 25.5 Å². The number of carbonyl (C=O) groups excluding carboxylic acids is 2. The Bertz CT molecular complexity index is 782. The molecule has 1 saturated heterocycles. The highest BCUT2D eigenvalue weighted by molar-refractivity contribution is 5.90. The number of nitrogens with zero attached hydrogens (tertiary/aromatic N) is 1. The van der Waals surface area contributed by atoms with E-state index in [2.05, 4.69) is 10.1 Å². The molecule has 9 heteroatoms. The molecular formula is C22H31F3N2O4. The predicted molar refractivity (Wildman–Crippen MR) is 111 cm³/mol. The number of methoxy groups -OCH3 is 1. The molecule has 0 aliphatic carbocycles. The second kappa shape index (κ2) is 9.78. The molecule has 2 rings (SSSR count). The second-order valence-corrected chi connectivity index (χ2v) is 8.71. The third-order valence-electron chi connectivity index (χ3n) is 5.29. The lowest BCUT2D eigenvalue weighted by molar-refractivity contribution is -0.137. The number of rotatable bonds is 5. The number of esters is 1. The maximum Gasteiger partial charge on any atom is 0.418 e. The molecule has 1 aliphatic heterocycles. The standard InChI is InChI=1S/C22H31F3N2O4/c1-6-17(14-9-11-27(12-10-14)20(29)31-21(2,3)4)26-18-13-15(19(28)30-5)7-8-16(18)22(23,24)25/h7-8,13-14,17,26H,6,9-12H2,1-5H3/t17-/m0/s1. The summed E-state index contributed by atoms with van der Waals surface area (Å²) < 4.78 is 50.6. The minimum absolute atomic E-state index is 0.0487. The highest BCUT2D eigenvalue weighted by Gasteiger charge is 2.36. The Kier molecular flexibility index (Phi) is 7.83. The van der Waals surface area contributed by atoms with Gasteiger partial charge in [-0.05, 0) is 64.2 Å². The molecule has 174 valence electrons. The van der Waals surface area contributed by atoms with E-state index in [-0.39, 0.29) is 29.3 Å². The number of piperidine rings is 1. The van der Waals surface area contributed by atoms with Gasteiger partial charge in [0.15, 0.2) is 0 Å². The average molecular weight is 444 g/mol. The largest absolute Gasteiger partial charge is 0.465 e. The minimum Gasteiger partial charge on any atom is -0.465 e. The number of likely N-dealkylation sites (tertiary alicyclic amines) is 1. The number of benzene rings is 1. The Morgan fingerprint density at radius 3 is 2.29 bits per heavy atom. The van der Waals surface area contributed by atoms with E-state index in [1.54, 1.807) is 25.7 Å². The van der Waals surface area contributed by atoms with Gasteiger partial charge >= 0.3 is 18.2 Å². The van der Waals surface area contributed by atoms with E-state index in [0.717, 1.165) is 12.1 Å². The van der Waals surface area contributed by atoms with E-state index in [1.165, 1.54) is 13.2 Å². The molecule has 1 fully saturated rings. The number of nitrogens with one attached hydrogen (secondary N) is 1. The maximum atomic E-state index is 13.5. The lowest BCUT2D eigenvalue weighted by atomic mass is 9.87. The van der Waals surface area contributed by atoms with Crippen LogP contribution in [0.1, 0.15) is 62.9 Å². The van der Waals surface area contributed by atoms with Crippen LogP contribution >= 0.6 is 0 Å². The van der Waals surface area contributed by atoms with Crippen LogP contribution in [0.2, 0.25) is 0 Å². The van der Waals surface area contributed by atoms with Crippen molar-refractivity contribution in [2.45, 2.75) is 64.8 Å². The molecule has 1 aromatic carbocycles. The summed E-state index contributed by atoms with van der Waals surface area (Å²) in [4.78, 5) is 25.7. The summed E-state index contributed by atoms with van der Waals surface area (Å²) in [5.41, 5.74) is -1.51. The summed E-state index contributed by atoms with van der Waals surface area (Å²) in [6.45, 7) is 8.26. The second-order valence-electron chi connectivity index (χ2n) is 8.71. The van der Waals surface area contributed by atoms with Crippen molar-refractivity contribution in [2.24, 2.45) is 5.92 Å². The summed E-state index contributed by atoms with van der Waals surface area (Å²) in [5.74, 6) is -0.623. The van der Waals surface area contributed by atoms with E-state index in [9.17, 15) is 22.8 Å². The zero-order valence-corrected chi connectivity index (χ0v) is 18.6. The highest BCUT2D eigenvalue weighted by Crippen LogP contribution is 2.37. The number of alkyl halides is 3. The van der Waals surface area contributed by atoms with Crippen LogP contribution in [0.3, 0.4) is 0 Å². The molecule has 0 aromatic heterocycles. The summed E-state index contributed by atoms with van der Waals surface area (Å²) in [6, 6.07) is 2.95. The molecule has 0 radical (unpaired) electrons. The monoisotopic (exact) mass is 444 g/mol. The first-order valence-electron chi connectivity index (χ1n) is 10.4. The first-order chi connectivity index (χ1) is 14.4. The van der Waals surface area contributed by atoms with Gasteiger partial charge in [0, 0.05) is 24.8 Å². The molecular weight excluding hydrogens is 413 g/mol. The lowest BCUT2D eigenvalue weighted by Crippen LogP contribution is -2.44. The van der Waals surface area contributed by atoms with Crippen molar-refractivity contribution in [3.63, 3.8) is 0 Å². The fourth-order valence-corrected chi connectivity index (χ4v) is 3.72. The molecule has 1 N–H and O–H groups in total. The van der Waals surface area contributed by atoms with Gasteiger partial charge in [-0.25, -0.2) is 9.59 Å². The van der Waals surface area contributed by atoms with E-state index in [1.807, 2.05) is 6.92 Å². The van der Waals surface area contributed by atoms with Crippen LogP contribution in [-0.4, -0.2) is 48.8 Å². The van der Waals surface area contributed by atoms with Crippen molar-refractivity contribution in [3.8, 4) is 0 Å². The molecule has 0 unspecified atom stereocenters. The van der Waals surface area contributed by atoms with Crippen LogP contribution < -0.4 is 5.32 Å². The molecule has 0 spiro atoms. The molecule has 6 nitrogen and oxygen atoms in total. The van der Waals surface area contributed by atoms with Crippen LogP contribution in [0.5, 0.6) is 0 Å². The number of anilines is 1. The Hall–Kier alpha value is -2.45. The number of halogens is 3. The molecule has 1 atom stereocenters. The smallest absolute Gasteiger partial charge is 0.418 e. The van der Waals surface area contributed by atoms with Gasteiger partial charge in [-0.2, -0.15) is 13.2 Å². The number of amides is 1. The number of hydrogen-bond acceptors (Lipinski definition) is 5. The Balaban J connectivity index is 2.14. The van der Waals surface area contributed by atoms with E-state index in [4.69, 9.17) is 4.74 Å². The Morgan fingerprint density at radius 1 is 1.19 bits per heavy atom. The molecule has 1 heterocycles. The third kappa shape index (κ3) is 6.77. The van der Waals surface area contributed by atoms with Crippen molar-refractivity contribution < 1.29 is 32.2 Å². The van der Waals surface area contributed by atoms with Crippen molar-refractivity contribution in [3.05, 3.63) is 29.3 Å². The zero-order valence-electron chi connectivity index (χ0n) is 18.6. The SMILES string of the molecule is CC[C@H](Nc1cc(C(=O)OC)ccc1C(F)(F)F)C1CCN(C(=O)OC(C)(C)C)CC1. The Labute approximate surface area is 181 Å². The third-order valence-corrected chi connectivity index (χ3v) is 5.29. The van der Waals surface area contributed by atoms with Gasteiger partial charge in [0.2, 0.25) is 0 Å². The molecule has 31 heavy (non-hydrogen) atoms. The van der Waals surface area contributed by atoms with Gasteiger partial charge in [-0.3, -0.25) is 0 Å². The average Bonchev–Trinajstić information content (AvgIpc) is 2.69. The zero-order chi connectivity index (χ0) is 23.4. The quantitative estimate of drug-likeness (QED) is 0.622. The van der Waals surface area contributed by atoms with Gasteiger partial charge in [0.05, 0.1) is 18.2 Å². The van der Waals surface area contributed by atoms with Gasteiger partial charge in [0.1, 0.15) is 5.60 Å². The van der Waals surface area contributed by atoms with Crippen LogP contribution in [-0.2, 0) is 15.7 Å². The van der Waals surface area contributed by atoms with Crippen LogP contribution in [0, 0.1) is 5.92 Å². The first-order valence-corrected chi connectivity index (χ1v) is 10.4. The van der Waals surface area contributed by atoms with Crippen molar-refractivity contribution >= 4 is 17.7 Å². The summed E-state index contributed by atoms with van der Waals surface area (Å²) in [7, 11) is 1.18. The minimum atomic E-state index is -4.56. The fraction of sp³-hybridized carbons (Fsp3) is 0.636. The van der Waals surface area contributed by atoms with Crippen molar-refractivity contribution in [1.29, 1.82) is 0 Å². The summed E-state index contributed by atoms with van der Waals surface area (Å²) in [6.07, 6.45) is -3.06.